The molecule has 0 aromatic heterocycles. The topological polar surface area (TPSA) is 165 Å². The number of likely N-dealkylation sites (N-methyl/N-ethyl adjacent to an activating group) is 1. The standard InChI is InChI=1S/C31H32FN3O7/c1-34(2)20-13-15(8-5-14-6-9-17(32)10-7-14)25(36)22-18(20)11-16-12-19-24(35(3)4)27(38)23(30(33)41)29(40)31(19,42)28(39)21(16)26(22)37/h5-10,13,16,19,24,36,38-39,42H,11-12H2,1-4H3,(H2,33,41)/b8-5+. The summed E-state index contributed by atoms with van der Waals surface area (Å²) >= 11 is 0. The molecule has 0 saturated heterocycles. The number of nitrogens with zero attached hydrogens (tertiary/aromatic N) is 2. The third-order valence-corrected chi connectivity index (χ3v) is 8.54. The summed E-state index contributed by atoms with van der Waals surface area (Å²) in [6, 6.07) is 6.36. The molecule has 10 nitrogen and oxygen atoms in total. The number of anilines is 1. The molecule has 1 amide bonds. The van der Waals surface area contributed by atoms with Gasteiger partial charge in [0.1, 0.15) is 28.7 Å². The predicted molar refractivity (Wildman–Crippen MR) is 153 cm³/mol. The van der Waals surface area contributed by atoms with Gasteiger partial charge < -0.3 is 31.1 Å². The number of primary amides is 1. The molecule has 0 aliphatic heterocycles. The average Bonchev–Trinajstić information content (AvgIpc) is 2.90. The molecule has 3 aliphatic rings. The molecular formula is C31H32FN3O7. The SMILES string of the molecule is CN(C)c1cc(/C=C/c2ccc(F)cc2)c(O)c2c1CC1CC3C(N(C)C)C(O)=C(C(N)=O)C(=O)C3(O)C(O)=C1C2=O. The van der Waals surface area contributed by atoms with Gasteiger partial charge in [-0.3, -0.25) is 19.3 Å². The van der Waals surface area contributed by atoms with E-state index in [1.54, 1.807) is 63.4 Å². The summed E-state index contributed by atoms with van der Waals surface area (Å²) < 4.78 is 13.3. The van der Waals surface area contributed by atoms with Crippen LogP contribution in [0.2, 0.25) is 0 Å². The molecule has 0 heterocycles. The van der Waals surface area contributed by atoms with Gasteiger partial charge in [-0.25, -0.2) is 4.39 Å². The number of hydrogen-bond donors (Lipinski definition) is 5. The Morgan fingerprint density at radius 3 is 2.29 bits per heavy atom. The minimum Gasteiger partial charge on any atom is -0.510 e. The second-order valence-corrected chi connectivity index (χ2v) is 11.4. The molecule has 2 aromatic rings. The number of aliphatic hydroxyl groups is 3. The lowest BCUT2D eigenvalue weighted by atomic mass is 9.58. The maximum Gasteiger partial charge on any atom is 0.255 e. The van der Waals surface area contributed by atoms with Crippen molar-refractivity contribution >= 4 is 35.3 Å². The van der Waals surface area contributed by atoms with Crippen LogP contribution in [0.1, 0.15) is 33.5 Å². The molecule has 0 fully saturated rings. The van der Waals surface area contributed by atoms with E-state index < -0.39 is 63.9 Å². The van der Waals surface area contributed by atoms with Gasteiger partial charge >= 0.3 is 0 Å². The third-order valence-electron chi connectivity index (χ3n) is 8.54. The molecule has 4 atom stereocenters. The summed E-state index contributed by atoms with van der Waals surface area (Å²) in [6.45, 7) is 0. The second-order valence-electron chi connectivity index (χ2n) is 11.4. The number of hydrogen-bond acceptors (Lipinski definition) is 9. The van der Waals surface area contributed by atoms with Crippen molar-refractivity contribution in [1.82, 2.24) is 4.90 Å². The van der Waals surface area contributed by atoms with Crippen LogP contribution in [0.3, 0.4) is 0 Å². The maximum absolute atomic E-state index is 14.1. The number of fused-ring (bicyclic) bond motifs is 3. The number of ketones is 2. The van der Waals surface area contributed by atoms with Crippen molar-refractivity contribution in [2.24, 2.45) is 17.6 Å². The maximum atomic E-state index is 14.1. The van der Waals surface area contributed by atoms with E-state index in [1.807, 2.05) is 0 Å². The lowest BCUT2D eigenvalue weighted by Gasteiger charge is -2.50. The van der Waals surface area contributed by atoms with E-state index in [0.29, 0.717) is 16.8 Å². The molecule has 11 heteroatoms. The van der Waals surface area contributed by atoms with Gasteiger partial charge in [0.15, 0.2) is 11.4 Å². The Hall–Kier alpha value is -4.48. The number of nitrogens with two attached hydrogens (primary N) is 1. The van der Waals surface area contributed by atoms with E-state index in [1.165, 1.54) is 17.0 Å². The van der Waals surface area contributed by atoms with Gasteiger partial charge in [-0.2, -0.15) is 0 Å². The summed E-state index contributed by atoms with van der Waals surface area (Å²) in [6.07, 6.45) is 3.41. The minimum atomic E-state index is -2.70. The third kappa shape index (κ3) is 4.19. The number of allylic oxidation sites excluding steroid dienone is 1. The van der Waals surface area contributed by atoms with Crippen molar-refractivity contribution in [2.75, 3.05) is 33.1 Å². The van der Waals surface area contributed by atoms with Crippen molar-refractivity contribution in [2.45, 2.75) is 24.5 Å². The highest BCUT2D eigenvalue weighted by Crippen LogP contribution is 2.53. The quantitative estimate of drug-likeness (QED) is 0.265. The van der Waals surface area contributed by atoms with E-state index in [4.69, 9.17) is 5.73 Å². The molecule has 3 aliphatic carbocycles. The van der Waals surface area contributed by atoms with Gasteiger partial charge in [-0.05, 0) is 62.2 Å². The lowest BCUT2D eigenvalue weighted by Crippen LogP contribution is -2.63. The van der Waals surface area contributed by atoms with Gasteiger partial charge in [0.2, 0.25) is 5.78 Å². The van der Waals surface area contributed by atoms with Crippen LogP contribution in [0.25, 0.3) is 12.2 Å². The van der Waals surface area contributed by atoms with E-state index in [9.17, 15) is 39.2 Å². The Bertz CT molecular complexity index is 1620. The van der Waals surface area contributed by atoms with Gasteiger partial charge in [0.25, 0.3) is 5.91 Å². The van der Waals surface area contributed by atoms with Gasteiger partial charge in [0.05, 0.1) is 11.6 Å². The molecule has 4 unspecified atom stereocenters. The fraction of sp³-hybridized carbons (Fsp3) is 0.323. The van der Waals surface area contributed by atoms with Crippen molar-refractivity contribution in [3.8, 4) is 5.75 Å². The van der Waals surface area contributed by atoms with Crippen LogP contribution < -0.4 is 10.6 Å². The first-order valence-corrected chi connectivity index (χ1v) is 13.3. The van der Waals surface area contributed by atoms with E-state index in [-0.39, 0.29) is 35.3 Å². The Balaban J connectivity index is 1.69. The molecule has 0 bridgehead atoms. The zero-order valence-electron chi connectivity index (χ0n) is 23.6. The molecule has 220 valence electrons. The summed E-state index contributed by atoms with van der Waals surface area (Å²) in [4.78, 5) is 43.0. The monoisotopic (exact) mass is 577 g/mol. The van der Waals surface area contributed by atoms with Crippen LogP contribution >= 0.6 is 0 Å². The van der Waals surface area contributed by atoms with Crippen LogP contribution in [0, 0.1) is 17.7 Å². The fourth-order valence-corrected chi connectivity index (χ4v) is 6.61. The Labute approximate surface area is 241 Å². The first-order valence-electron chi connectivity index (χ1n) is 13.3. The van der Waals surface area contributed by atoms with Crippen LogP contribution in [-0.2, 0) is 16.0 Å². The summed E-state index contributed by atoms with van der Waals surface area (Å²) in [5, 5.41) is 45.5. The van der Waals surface area contributed by atoms with Gasteiger partial charge in [0, 0.05) is 36.8 Å². The Kier molecular flexibility index (Phi) is 6.99. The van der Waals surface area contributed by atoms with Crippen molar-refractivity contribution in [3.63, 3.8) is 0 Å². The Morgan fingerprint density at radius 2 is 1.71 bits per heavy atom. The molecule has 0 radical (unpaired) electrons. The highest BCUT2D eigenvalue weighted by molar-refractivity contribution is 6.25. The van der Waals surface area contributed by atoms with E-state index in [0.717, 1.165) is 0 Å². The molecule has 5 rings (SSSR count). The normalized spacial score (nSPS) is 25.5. The largest absolute Gasteiger partial charge is 0.510 e. The minimum absolute atomic E-state index is 0.00557. The predicted octanol–water partition coefficient (Wildman–Crippen LogP) is 2.50. The number of aromatic hydroxyl groups is 1. The number of phenolic OH excluding ortho intramolecular Hbond substituents is 1. The lowest BCUT2D eigenvalue weighted by molar-refractivity contribution is -0.148. The highest BCUT2D eigenvalue weighted by Gasteiger charge is 2.63. The second kappa shape index (κ2) is 10.1. The van der Waals surface area contributed by atoms with E-state index >= 15 is 0 Å². The number of benzene rings is 2. The molecule has 42 heavy (non-hydrogen) atoms. The number of Topliss-reactive ketones (excluding diaryl/α,β-unsaturated/α-hetero) is 2. The number of carbonyl (C=O) groups is 3. The molecule has 0 spiro atoms. The van der Waals surface area contributed by atoms with Crippen LogP contribution in [-0.4, -0.2) is 82.6 Å². The average molecular weight is 578 g/mol. The number of carbonyl (C=O) groups excluding carboxylic acids is 3. The van der Waals surface area contributed by atoms with Crippen LogP contribution in [0.4, 0.5) is 10.1 Å². The van der Waals surface area contributed by atoms with Crippen molar-refractivity contribution in [1.29, 1.82) is 0 Å². The number of amides is 1. The summed E-state index contributed by atoms with van der Waals surface area (Å²) in [7, 11) is 6.72. The molecule has 0 saturated carbocycles. The zero-order valence-corrected chi connectivity index (χ0v) is 23.6. The van der Waals surface area contributed by atoms with Crippen molar-refractivity contribution < 1.29 is 39.2 Å². The van der Waals surface area contributed by atoms with Crippen LogP contribution in [0.15, 0.2) is 53.0 Å². The van der Waals surface area contributed by atoms with Crippen LogP contribution in [0.5, 0.6) is 5.75 Å². The molecule has 2 aromatic carbocycles. The van der Waals surface area contributed by atoms with Gasteiger partial charge in [-0.15, -0.1) is 0 Å². The Morgan fingerprint density at radius 1 is 1.07 bits per heavy atom. The highest BCUT2D eigenvalue weighted by atomic mass is 19.1. The first kappa shape index (κ1) is 29.0. The number of rotatable bonds is 5. The summed E-state index contributed by atoms with van der Waals surface area (Å²) in [5.74, 6) is -7.39. The first-order chi connectivity index (χ1) is 19.7. The summed E-state index contributed by atoms with van der Waals surface area (Å²) in [5.41, 5.74) is 3.61. The molecular weight excluding hydrogens is 545 g/mol. The smallest absolute Gasteiger partial charge is 0.255 e. The number of halogens is 1. The number of aliphatic hydroxyl groups excluding tert-OH is 2. The molecule has 6 N–H and O–H groups in total. The van der Waals surface area contributed by atoms with Crippen molar-refractivity contribution in [3.05, 3.63) is 81.1 Å². The zero-order chi connectivity index (χ0) is 30.8. The van der Waals surface area contributed by atoms with E-state index in [2.05, 4.69) is 0 Å². The fourth-order valence-electron chi connectivity index (χ4n) is 6.61. The van der Waals surface area contributed by atoms with Gasteiger partial charge in [-0.1, -0.05) is 24.3 Å². The number of phenols is 1.